The van der Waals surface area contributed by atoms with Gasteiger partial charge in [-0.25, -0.2) is 0 Å². The standard InChI is InChI=1S/C14H28O8/c15-5-13(6-16,7-17)11-21-3-1-2-4-22-12-14(8-18,9-19)10-20/h1-2,15-20H,3-12H2/b2-1+. The SMILES string of the molecule is OCC(CO)(CO)COC/C=C/COCC(CO)(CO)CO. The maximum absolute atomic E-state index is 9.10. The first kappa shape index (κ1) is 21.4. The van der Waals surface area contributed by atoms with E-state index in [4.69, 9.17) is 40.1 Å². The van der Waals surface area contributed by atoms with E-state index in [2.05, 4.69) is 0 Å². The molecule has 0 atom stereocenters. The second-order valence-electron chi connectivity index (χ2n) is 5.45. The van der Waals surface area contributed by atoms with Crippen LogP contribution < -0.4 is 0 Å². The molecule has 0 aliphatic heterocycles. The minimum atomic E-state index is -1.05. The number of hydrogen-bond donors (Lipinski definition) is 6. The molecule has 132 valence electrons. The first-order chi connectivity index (χ1) is 10.6. The van der Waals surface area contributed by atoms with Gasteiger partial charge in [0.1, 0.15) is 0 Å². The third kappa shape index (κ3) is 7.12. The highest BCUT2D eigenvalue weighted by Crippen LogP contribution is 2.15. The summed E-state index contributed by atoms with van der Waals surface area (Å²) in [4.78, 5) is 0. The molecule has 0 saturated carbocycles. The summed E-state index contributed by atoms with van der Waals surface area (Å²) in [6, 6.07) is 0. The van der Waals surface area contributed by atoms with Crippen molar-refractivity contribution in [2.24, 2.45) is 10.8 Å². The molecule has 0 radical (unpaired) electrons. The fourth-order valence-electron chi connectivity index (χ4n) is 1.40. The summed E-state index contributed by atoms with van der Waals surface area (Å²) in [7, 11) is 0. The highest BCUT2D eigenvalue weighted by Gasteiger charge is 2.29. The lowest BCUT2D eigenvalue weighted by Gasteiger charge is -2.26. The molecule has 0 spiro atoms. The Morgan fingerprint density at radius 2 is 0.818 bits per heavy atom. The average Bonchev–Trinajstić information content (AvgIpc) is 2.58. The van der Waals surface area contributed by atoms with Gasteiger partial charge in [0.25, 0.3) is 0 Å². The molecule has 0 amide bonds. The monoisotopic (exact) mass is 324 g/mol. The van der Waals surface area contributed by atoms with Crippen molar-refractivity contribution in [3.8, 4) is 0 Å². The van der Waals surface area contributed by atoms with Gasteiger partial charge in [-0.15, -0.1) is 0 Å². The van der Waals surface area contributed by atoms with Crippen molar-refractivity contribution in [1.29, 1.82) is 0 Å². The van der Waals surface area contributed by atoms with Gasteiger partial charge >= 0.3 is 0 Å². The molecule has 0 bridgehead atoms. The lowest BCUT2D eigenvalue weighted by molar-refractivity contribution is -0.0542. The van der Waals surface area contributed by atoms with E-state index in [-0.39, 0.29) is 66.1 Å². The van der Waals surface area contributed by atoms with Crippen LogP contribution >= 0.6 is 0 Å². The van der Waals surface area contributed by atoms with Crippen molar-refractivity contribution in [1.82, 2.24) is 0 Å². The predicted molar refractivity (Wildman–Crippen MR) is 78.2 cm³/mol. The third-order valence-corrected chi connectivity index (χ3v) is 3.42. The zero-order valence-electron chi connectivity index (χ0n) is 12.7. The number of rotatable bonds is 14. The maximum atomic E-state index is 9.10. The normalized spacial score (nSPS) is 13.2. The Balaban J connectivity index is 3.89. The molecule has 0 aliphatic rings. The summed E-state index contributed by atoms with van der Waals surface area (Å²) in [6.07, 6.45) is 3.32. The molecule has 8 nitrogen and oxygen atoms in total. The topological polar surface area (TPSA) is 140 Å². The highest BCUT2D eigenvalue weighted by atomic mass is 16.5. The fraction of sp³-hybridized carbons (Fsp3) is 0.857. The molecule has 0 unspecified atom stereocenters. The van der Waals surface area contributed by atoms with Gasteiger partial charge in [0.15, 0.2) is 0 Å². The lowest BCUT2D eigenvalue weighted by atomic mass is 9.93. The van der Waals surface area contributed by atoms with Crippen molar-refractivity contribution in [2.45, 2.75) is 0 Å². The molecule has 8 heteroatoms. The Bertz CT molecular complexity index is 242. The van der Waals surface area contributed by atoms with Gasteiger partial charge in [-0.1, -0.05) is 12.2 Å². The number of hydrogen-bond acceptors (Lipinski definition) is 8. The van der Waals surface area contributed by atoms with Crippen LogP contribution in [0, 0.1) is 10.8 Å². The Kier molecular flexibility index (Phi) is 11.6. The Hall–Kier alpha value is -0.580. The lowest BCUT2D eigenvalue weighted by Crippen LogP contribution is -2.38. The van der Waals surface area contributed by atoms with Crippen LogP contribution in [-0.4, -0.2) is 96.7 Å². The minimum absolute atomic E-state index is 0.0182. The molecule has 0 saturated heterocycles. The molecule has 0 aliphatic carbocycles. The van der Waals surface area contributed by atoms with Crippen LogP contribution in [0.5, 0.6) is 0 Å². The van der Waals surface area contributed by atoms with Crippen LogP contribution in [0.15, 0.2) is 12.2 Å². The van der Waals surface area contributed by atoms with Crippen molar-refractivity contribution in [2.75, 3.05) is 66.1 Å². The fourth-order valence-corrected chi connectivity index (χ4v) is 1.40. The molecular weight excluding hydrogens is 296 g/mol. The predicted octanol–water partition coefficient (Wildman–Crippen LogP) is -2.50. The second kappa shape index (κ2) is 11.9. The Labute approximate surface area is 130 Å². The number of ether oxygens (including phenoxy) is 2. The molecule has 0 aromatic heterocycles. The van der Waals surface area contributed by atoms with Crippen molar-refractivity contribution in [3.63, 3.8) is 0 Å². The van der Waals surface area contributed by atoms with Gasteiger partial charge in [0, 0.05) is 0 Å². The van der Waals surface area contributed by atoms with E-state index in [1.54, 1.807) is 12.2 Å². The molecule has 0 aromatic rings. The van der Waals surface area contributed by atoms with Gasteiger partial charge in [-0.2, -0.15) is 0 Å². The zero-order valence-corrected chi connectivity index (χ0v) is 12.7. The van der Waals surface area contributed by atoms with Crippen LogP contribution in [0.1, 0.15) is 0 Å². The van der Waals surface area contributed by atoms with E-state index >= 15 is 0 Å². The van der Waals surface area contributed by atoms with E-state index in [1.165, 1.54) is 0 Å². The number of aliphatic hydroxyl groups is 6. The molecule has 0 aromatic carbocycles. The van der Waals surface area contributed by atoms with Gasteiger partial charge in [0.2, 0.25) is 0 Å². The second-order valence-corrected chi connectivity index (χ2v) is 5.45. The summed E-state index contributed by atoms with van der Waals surface area (Å²) in [5, 5.41) is 54.6. The Morgan fingerprint density at radius 1 is 0.545 bits per heavy atom. The van der Waals surface area contributed by atoms with Crippen molar-refractivity contribution >= 4 is 0 Å². The molecule has 0 fully saturated rings. The first-order valence-corrected chi connectivity index (χ1v) is 7.03. The maximum Gasteiger partial charge on any atom is 0.0648 e. The van der Waals surface area contributed by atoms with Gasteiger partial charge in [-0.05, 0) is 0 Å². The Morgan fingerprint density at radius 3 is 1.05 bits per heavy atom. The molecular formula is C14H28O8. The highest BCUT2D eigenvalue weighted by molar-refractivity contribution is 4.84. The summed E-state index contributed by atoms with van der Waals surface area (Å²) in [6.45, 7) is -1.79. The van der Waals surface area contributed by atoms with Crippen LogP contribution in [0.2, 0.25) is 0 Å². The van der Waals surface area contributed by atoms with E-state index in [9.17, 15) is 0 Å². The summed E-state index contributed by atoms with van der Waals surface area (Å²) >= 11 is 0. The van der Waals surface area contributed by atoms with E-state index < -0.39 is 10.8 Å². The number of aliphatic hydroxyl groups excluding tert-OH is 6. The van der Waals surface area contributed by atoms with Crippen LogP contribution in [0.3, 0.4) is 0 Å². The molecule has 6 N–H and O–H groups in total. The van der Waals surface area contributed by atoms with Gasteiger partial charge < -0.3 is 40.1 Å². The summed E-state index contributed by atoms with van der Waals surface area (Å²) in [5.74, 6) is 0. The molecule has 22 heavy (non-hydrogen) atoms. The summed E-state index contributed by atoms with van der Waals surface area (Å²) in [5.41, 5.74) is -2.10. The van der Waals surface area contributed by atoms with E-state index in [0.29, 0.717) is 0 Å². The van der Waals surface area contributed by atoms with Crippen LogP contribution in [0.25, 0.3) is 0 Å². The third-order valence-electron chi connectivity index (χ3n) is 3.42. The van der Waals surface area contributed by atoms with E-state index in [0.717, 1.165) is 0 Å². The smallest absolute Gasteiger partial charge is 0.0648 e. The van der Waals surface area contributed by atoms with Gasteiger partial charge in [0.05, 0.1) is 76.9 Å². The van der Waals surface area contributed by atoms with E-state index in [1.807, 2.05) is 0 Å². The van der Waals surface area contributed by atoms with Crippen molar-refractivity contribution in [3.05, 3.63) is 12.2 Å². The largest absolute Gasteiger partial charge is 0.396 e. The minimum Gasteiger partial charge on any atom is -0.396 e. The van der Waals surface area contributed by atoms with Crippen LogP contribution in [0.4, 0.5) is 0 Å². The van der Waals surface area contributed by atoms with Gasteiger partial charge in [-0.3, -0.25) is 0 Å². The molecule has 0 heterocycles. The quantitative estimate of drug-likeness (QED) is 0.152. The first-order valence-electron chi connectivity index (χ1n) is 7.03. The van der Waals surface area contributed by atoms with Crippen LogP contribution in [-0.2, 0) is 9.47 Å². The zero-order chi connectivity index (χ0) is 16.9. The average molecular weight is 324 g/mol. The van der Waals surface area contributed by atoms with Crippen molar-refractivity contribution < 1.29 is 40.1 Å². The summed E-state index contributed by atoms with van der Waals surface area (Å²) < 4.78 is 10.5. The molecule has 0 rings (SSSR count).